The van der Waals surface area contributed by atoms with Gasteiger partial charge in [0.05, 0.1) is 0 Å². The summed E-state index contributed by atoms with van der Waals surface area (Å²) in [6.45, 7) is 8.47. The largest absolute Gasteiger partial charge is 0.309 e. The molecule has 2 nitrogen and oxygen atoms in total. The lowest BCUT2D eigenvalue weighted by atomic mass is 10.1. The van der Waals surface area contributed by atoms with Crippen LogP contribution >= 0.6 is 15.9 Å². The van der Waals surface area contributed by atoms with Crippen LogP contribution in [0.15, 0.2) is 22.7 Å². The molecule has 0 radical (unpaired) electrons. The van der Waals surface area contributed by atoms with Crippen molar-refractivity contribution in [2.45, 2.75) is 39.3 Å². The zero-order chi connectivity index (χ0) is 14.4. The van der Waals surface area contributed by atoms with Gasteiger partial charge in [-0.25, -0.2) is 4.39 Å². The third-order valence-corrected chi connectivity index (χ3v) is 4.37. The van der Waals surface area contributed by atoms with E-state index in [0.717, 1.165) is 29.5 Å². The van der Waals surface area contributed by atoms with E-state index in [1.54, 1.807) is 0 Å². The van der Waals surface area contributed by atoms with Gasteiger partial charge in [0.1, 0.15) is 5.82 Å². The van der Waals surface area contributed by atoms with E-state index < -0.39 is 0 Å². The molecule has 1 N–H and O–H groups in total. The molecule has 0 heterocycles. The Morgan fingerprint density at radius 3 is 2.63 bits per heavy atom. The molecule has 0 bridgehead atoms. The van der Waals surface area contributed by atoms with Crippen molar-refractivity contribution in [3.63, 3.8) is 0 Å². The normalized spacial score (nSPS) is 14.7. The lowest BCUT2D eigenvalue weighted by Gasteiger charge is -2.24. The van der Waals surface area contributed by atoms with Crippen LogP contribution in [0.3, 0.4) is 0 Å². The molecule has 2 unspecified atom stereocenters. The minimum absolute atomic E-state index is 0.209. The number of nitrogens with one attached hydrogen (secondary N) is 1. The fourth-order valence-electron chi connectivity index (χ4n) is 1.95. The minimum atomic E-state index is -0.209. The summed E-state index contributed by atoms with van der Waals surface area (Å²) in [7, 11) is 2.15. The smallest absolute Gasteiger partial charge is 0.124 e. The first-order chi connectivity index (χ1) is 8.95. The number of halogens is 2. The van der Waals surface area contributed by atoms with Crippen LogP contribution in [0.1, 0.15) is 38.8 Å². The number of benzene rings is 1. The molecule has 0 saturated heterocycles. The quantitative estimate of drug-likeness (QED) is 0.813. The van der Waals surface area contributed by atoms with Crippen LogP contribution in [0.2, 0.25) is 0 Å². The third kappa shape index (κ3) is 5.21. The molecular formula is C15H24BrFN2. The predicted octanol–water partition coefficient (Wildman–Crippen LogP) is 3.97. The molecule has 0 aliphatic rings. The monoisotopic (exact) mass is 330 g/mol. The fraction of sp³-hybridized carbons (Fsp3) is 0.600. The van der Waals surface area contributed by atoms with Gasteiger partial charge in [-0.3, -0.25) is 0 Å². The van der Waals surface area contributed by atoms with E-state index in [1.807, 2.05) is 6.07 Å². The molecule has 1 rings (SSSR count). The van der Waals surface area contributed by atoms with Gasteiger partial charge in [0, 0.05) is 29.6 Å². The minimum Gasteiger partial charge on any atom is -0.309 e. The maximum absolute atomic E-state index is 13.0. The molecule has 0 amide bonds. The van der Waals surface area contributed by atoms with E-state index in [2.05, 4.69) is 54.0 Å². The molecule has 0 aliphatic heterocycles. The highest BCUT2D eigenvalue weighted by Crippen LogP contribution is 2.23. The van der Waals surface area contributed by atoms with Gasteiger partial charge in [-0.2, -0.15) is 0 Å². The highest BCUT2D eigenvalue weighted by atomic mass is 79.9. The SMILES string of the molecule is CCC(C)N(C)CCNC(C)c1ccc(F)cc1Br. The average Bonchev–Trinajstić information content (AvgIpc) is 2.37. The van der Waals surface area contributed by atoms with E-state index >= 15 is 0 Å². The standard InChI is InChI=1S/C15H24BrFN2/c1-5-11(2)19(4)9-8-18-12(3)14-7-6-13(17)10-15(14)16/h6-7,10-12,18H,5,8-9H2,1-4H3. The molecule has 108 valence electrons. The van der Waals surface area contributed by atoms with E-state index in [1.165, 1.54) is 12.1 Å². The van der Waals surface area contributed by atoms with E-state index in [9.17, 15) is 4.39 Å². The van der Waals surface area contributed by atoms with Crippen LogP contribution < -0.4 is 5.32 Å². The summed E-state index contributed by atoms with van der Waals surface area (Å²) in [4.78, 5) is 2.35. The van der Waals surface area contributed by atoms with Crippen LogP contribution in [-0.4, -0.2) is 31.1 Å². The first kappa shape index (κ1) is 16.6. The second-order valence-electron chi connectivity index (χ2n) is 5.08. The Morgan fingerprint density at radius 1 is 1.37 bits per heavy atom. The topological polar surface area (TPSA) is 15.3 Å². The summed E-state index contributed by atoms with van der Waals surface area (Å²) < 4.78 is 13.9. The second-order valence-corrected chi connectivity index (χ2v) is 5.93. The van der Waals surface area contributed by atoms with Crippen LogP contribution in [0.25, 0.3) is 0 Å². The van der Waals surface area contributed by atoms with Crippen molar-refractivity contribution >= 4 is 15.9 Å². The molecule has 0 aromatic heterocycles. The summed E-state index contributed by atoms with van der Waals surface area (Å²) in [6, 6.07) is 5.66. The number of rotatable bonds is 7. The van der Waals surface area contributed by atoms with Crippen LogP contribution in [0.5, 0.6) is 0 Å². The maximum Gasteiger partial charge on any atom is 0.124 e. The third-order valence-electron chi connectivity index (χ3n) is 3.69. The Balaban J connectivity index is 2.45. The molecule has 0 aliphatic carbocycles. The molecule has 2 atom stereocenters. The Morgan fingerprint density at radius 2 is 2.05 bits per heavy atom. The Hall–Kier alpha value is -0.450. The molecule has 1 aromatic carbocycles. The molecule has 0 saturated carbocycles. The number of hydrogen-bond acceptors (Lipinski definition) is 2. The first-order valence-corrected chi connectivity index (χ1v) is 7.63. The van der Waals surface area contributed by atoms with Crippen molar-refractivity contribution < 1.29 is 4.39 Å². The lowest BCUT2D eigenvalue weighted by Crippen LogP contribution is -2.35. The first-order valence-electron chi connectivity index (χ1n) is 6.84. The van der Waals surface area contributed by atoms with Crippen molar-refractivity contribution in [3.8, 4) is 0 Å². The molecule has 4 heteroatoms. The van der Waals surface area contributed by atoms with E-state index in [0.29, 0.717) is 6.04 Å². The van der Waals surface area contributed by atoms with Gasteiger partial charge in [0.25, 0.3) is 0 Å². The molecule has 19 heavy (non-hydrogen) atoms. The second kappa shape index (κ2) is 7.98. The van der Waals surface area contributed by atoms with Crippen molar-refractivity contribution in [1.82, 2.24) is 10.2 Å². The average molecular weight is 331 g/mol. The highest BCUT2D eigenvalue weighted by Gasteiger charge is 2.11. The molecule has 0 fully saturated rings. The number of nitrogens with zero attached hydrogens (tertiary/aromatic N) is 1. The van der Waals surface area contributed by atoms with Crippen molar-refractivity contribution in [2.24, 2.45) is 0 Å². The Kier molecular flexibility index (Phi) is 6.97. The van der Waals surface area contributed by atoms with Gasteiger partial charge in [0.15, 0.2) is 0 Å². The van der Waals surface area contributed by atoms with E-state index in [4.69, 9.17) is 0 Å². The summed E-state index contributed by atoms with van der Waals surface area (Å²) in [5, 5.41) is 3.47. The van der Waals surface area contributed by atoms with Gasteiger partial charge in [-0.1, -0.05) is 28.9 Å². The summed E-state index contributed by atoms with van der Waals surface area (Å²) in [5.41, 5.74) is 1.09. The molecular weight excluding hydrogens is 307 g/mol. The van der Waals surface area contributed by atoms with Crippen LogP contribution in [0, 0.1) is 5.82 Å². The molecule has 1 aromatic rings. The van der Waals surface area contributed by atoms with Crippen LogP contribution in [0.4, 0.5) is 4.39 Å². The van der Waals surface area contributed by atoms with Crippen molar-refractivity contribution in [2.75, 3.05) is 20.1 Å². The Bertz CT molecular complexity index is 398. The zero-order valence-corrected chi connectivity index (χ0v) is 13.8. The zero-order valence-electron chi connectivity index (χ0n) is 12.2. The van der Waals surface area contributed by atoms with Crippen molar-refractivity contribution in [3.05, 3.63) is 34.1 Å². The van der Waals surface area contributed by atoms with Gasteiger partial charge >= 0.3 is 0 Å². The molecule has 0 spiro atoms. The lowest BCUT2D eigenvalue weighted by molar-refractivity contribution is 0.249. The number of likely N-dealkylation sites (N-methyl/N-ethyl adjacent to an activating group) is 1. The fourth-order valence-corrected chi connectivity index (χ4v) is 2.65. The van der Waals surface area contributed by atoms with Gasteiger partial charge in [-0.15, -0.1) is 0 Å². The van der Waals surface area contributed by atoms with Crippen molar-refractivity contribution in [1.29, 1.82) is 0 Å². The highest BCUT2D eigenvalue weighted by molar-refractivity contribution is 9.10. The summed E-state index contributed by atoms with van der Waals surface area (Å²) in [5.74, 6) is -0.209. The van der Waals surface area contributed by atoms with Crippen LogP contribution in [-0.2, 0) is 0 Å². The Labute approximate surface area is 124 Å². The summed E-state index contributed by atoms with van der Waals surface area (Å²) >= 11 is 3.41. The van der Waals surface area contributed by atoms with Gasteiger partial charge < -0.3 is 10.2 Å². The predicted molar refractivity (Wildman–Crippen MR) is 82.9 cm³/mol. The van der Waals surface area contributed by atoms with Gasteiger partial charge in [0.2, 0.25) is 0 Å². The number of hydrogen-bond donors (Lipinski definition) is 1. The van der Waals surface area contributed by atoms with Gasteiger partial charge in [-0.05, 0) is 45.0 Å². The summed E-state index contributed by atoms with van der Waals surface area (Å²) in [6.07, 6.45) is 1.16. The maximum atomic E-state index is 13.0. The van der Waals surface area contributed by atoms with E-state index in [-0.39, 0.29) is 11.9 Å².